The Morgan fingerprint density at radius 2 is 2.00 bits per heavy atom. The van der Waals surface area contributed by atoms with Gasteiger partial charge < -0.3 is 15.2 Å². The molecular formula is C15H20ClN3O2. The molecule has 114 valence electrons. The molecular weight excluding hydrogens is 290 g/mol. The first kappa shape index (κ1) is 13.7. The molecule has 6 heteroatoms. The summed E-state index contributed by atoms with van der Waals surface area (Å²) >= 11 is 6.23. The van der Waals surface area contributed by atoms with Crippen LogP contribution in [0.1, 0.15) is 62.2 Å². The van der Waals surface area contributed by atoms with Crippen molar-refractivity contribution in [1.29, 1.82) is 0 Å². The molecule has 2 fully saturated rings. The lowest BCUT2D eigenvalue weighted by Gasteiger charge is -2.35. The molecule has 0 amide bonds. The van der Waals surface area contributed by atoms with Crippen LogP contribution in [0.15, 0.2) is 0 Å². The van der Waals surface area contributed by atoms with Crippen molar-refractivity contribution < 1.29 is 9.84 Å². The summed E-state index contributed by atoms with van der Waals surface area (Å²) < 4.78 is 5.99. The Balaban J connectivity index is 1.70. The van der Waals surface area contributed by atoms with Crippen molar-refractivity contribution in [3.63, 3.8) is 0 Å². The highest BCUT2D eigenvalue weighted by Gasteiger charge is 2.39. The highest BCUT2D eigenvalue weighted by Crippen LogP contribution is 2.46. The minimum absolute atomic E-state index is 0.0430. The van der Waals surface area contributed by atoms with E-state index in [9.17, 15) is 5.11 Å². The molecule has 3 heterocycles. The van der Waals surface area contributed by atoms with Crippen LogP contribution >= 0.6 is 11.6 Å². The van der Waals surface area contributed by atoms with E-state index < -0.39 is 5.72 Å². The zero-order valence-corrected chi connectivity index (χ0v) is 12.7. The number of nitrogens with zero attached hydrogens (tertiary/aromatic N) is 2. The van der Waals surface area contributed by atoms with Gasteiger partial charge in [-0.15, -0.1) is 10.2 Å². The highest BCUT2D eigenvalue weighted by atomic mass is 35.5. The normalized spacial score (nSPS) is 30.0. The third kappa shape index (κ3) is 2.41. The molecule has 5 nitrogen and oxygen atoms in total. The fourth-order valence-electron chi connectivity index (χ4n) is 3.87. The maximum Gasteiger partial charge on any atom is 0.157 e. The lowest BCUT2D eigenvalue weighted by Crippen LogP contribution is -2.41. The first-order valence-corrected chi connectivity index (χ1v) is 8.23. The molecule has 1 saturated heterocycles. The molecule has 2 aliphatic heterocycles. The second-order valence-electron chi connectivity index (χ2n) is 6.48. The maximum atomic E-state index is 10.7. The van der Waals surface area contributed by atoms with Gasteiger partial charge >= 0.3 is 0 Å². The van der Waals surface area contributed by atoms with E-state index in [1.807, 2.05) is 0 Å². The van der Waals surface area contributed by atoms with Crippen molar-refractivity contribution in [3.8, 4) is 0 Å². The van der Waals surface area contributed by atoms with Gasteiger partial charge in [-0.3, -0.25) is 0 Å². The molecule has 2 atom stereocenters. The standard InChI is InChI=1S/C15H20ClN3O2/c16-13-10-8-9-4-5-11(21-9)12(10)14(19-18-13)17-15(20)6-2-1-3-7-15/h9,11,20H,1-8H2,(H,17,19)/t9-,11+/m0/s1. The van der Waals surface area contributed by atoms with Crippen molar-refractivity contribution in [3.05, 3.63) is 16.3 Å². The molecule has 1 saturated carbocycles. The minimum Gasteiger partial charge on any atom is -0.371 e. The number of ether oxygens (including phenoxy) is 1. The summed E-state index contributed by atoms with van der Waals surface area (Å²) in [5, 5.41) is 22.7. The number of hydrogen-bond acceptors (Lipinski definition) is 5. The summed E-state index contributed by atoms with van der Waals surface area (Å²) in [5.41, 5.74) is 1.19. The summed E-state index contributed by atoms with van der Waals surface area (Å²) in [5.74, 6) is 0.657. The van der Waals surface area contributed by atoms with E-state index in [-0.39, 0.29) is 12.2 Å². The summed E-state index contributed by atoms with van der Waals surface area (Å²) in [6.45, 7) is 0. The molecule has 1 aromatic heterocycles. The van der Waals surface area contributed by atoms with Gasteiger partial charge in [0.25, 0.3) is 0 Å². The number of rotatable bonds is 2. The maximum absolute atomic E-state index is 10.7. The minimum atomic E-state index is -0.871. The Labute approximate surface area is 129 Å². The molecule has 0 spiro atoms. The number of aliphatic hydroxyl groups is 1. The predicted octanol–water partition coefficient (Wildman–Crippen LogP) is 2.97. The van der Waals surface area contributed by atoms with Crippen LogP contribution in [0, 0.1) is 0 Å². The smallest absolute Gasteiger partial charge is 0.157 e. The van der Waals surface area contributed by atoms with E-state index in [4.69, 9.17) is 16.3 Å². The molecule has 3 aliphatic rings. The van der Waals surface area contributed by atoms with Crippen LogP contribution in [-0.2, 0) is 11.2 Å². The number of anilines is 1. The monoisotopic (exact) mass is 309 g/mol. The molecule has 2 bridgehead atoms. The average Bonchev–Trinajstić information content (AvgIpc) is 2.84. The topological polar surface area (TPSA) is 67.3 Å². The fraction of sp³-hybridized carbons (Fsp3) is 0.733. The van der Waals surface area contributed by atoms with Crippen LogP contribution in [0.25, 0.3) is 0 Å². The van der Waals surface area contributed by atoms with Gasteiger partial charge in [0.05, 0.1) is 12.2 Å². The van der Waals surface area contributed by atoms with Gasteiger partial charge in [0.1, 0.15) is 5.72 Å². The predicted molar refractivity (Wildman–Crippen MR) is 79.3 cm³/mol. The van der Waals surface area contributed by atoms with E-state index >= 15 is 0 Å². The van der Waals surface area contributed by atoms with Crippen LogP contribution in [0.4, 0.5) is 5.82 Å². The van der Waals surface area contributed by atoms with Crippen molar-refractivity contribution in [2.24, 2.45) is 0 Å². The van der Waals surface area contributed by atoms with Crippen molar-refractivity contribution in [2.75, 3.05) is 5.32 Å². The van der Waals surface area contributed by atoms with Crippen LogP contribution < -0.4 is 5.32 Å². The van der Waals surface area contributed by atoms with Gasteiger partial charge in [-0.05, 0) is 38.5 Å². The van der Waals surface area contributed by atoms with Gasteiger partial charge in [-0.2, -0.15) is 0 Å². The van der Waals surface area contributed by atoms with Gasteiger partial charge in [0, 0.05) is 17.5 Å². The second kappa shape index (κ2) is 5.07. The summed E-state index contributed by atoms with van der Waals surface area (Å²) in [7, 11) is 0. The van der Waals surface area contributed by atoms with E-state index in [0.29, 0.717) is 11.0 Å². The van der Waals surface area contributed by atoms with E-state index in [2.05, 4.69) is 15.5 Å². The van der Waals surface area contributed by atoms with E-state index in [1.165, 1.54) is 6.42 Å². The zero-order valence-electron chi connectivity index (χ0n) is 11.9. The molecule has 0 unspecified atom stereocenters. The van der Waals surface area contributed by atoms with E-state index in [0.717, 1.165) is 56.1 Å². The van der Waals surface area contributed by atoms with Crippen molar-refractivity contribution >= 4 is 17.4 Å². The quantitative estimate of drug-likeness (QED) is 0.822. The average molecular weight is 310 g/mol. The molecule has 4 rings (SSSR count). The van der Waals surface area contributed by atoms with Crippen LogP contribution in [0.5, 0.6) is 0 Å². The lowest BCUT2D eigenvalue weighted by atomic mass is 9.91. The Kier molecular flexibility index (Phi) is 3.32. The lowest BCUT2D eigenvalue weighted by molar-refractivity contribution is 0.0255. The van der Waals surface area contributed by atoms with Crippen LogP contribution in [0.2, 0.25) is 5.15 Å². The Morgan fingerprint density at radius 1 is 1.19 bits per heavy atom. The number of halogens is 1. The molecule has 0 aromatic carbocycles. The SMILES string of the molecule is OC1(Nc2nnc(Cl)c3c2[C@H]2CC[C@@H](C3)O2)CCCCC1. The summed E-state index contributed by atoms with van der Waals surface area (Å²) in [6.07, 6.45) is 7.90. The number of fused-ring (bicyclic) bond motifs is 4. The Hall–Kier alpha value is -0.910. The summed E-state index contributed by atoms with van der Waals surface area (Å²) in [4.78, 5) is 0. The van der Waals surface area contributed by atoms with Gasteiger partial charge in [0.15, 0.2) is 11.0 Å². The first-order chi connectivity index (χ1) is 10.1. The fourth-order valence-corrected chi connectivity index (χ4v) is 4.09. The molecule has 0 radical (unpaired) electrons. The van der Waals surface area contributed by atoms with Crippen molar-refractivity contribution in [2.45, 2.75) is 69.3 Å². The number of hydrogen-bond donors (Lipinski definition) is 2. The van der Waals surface area contributed by atoms with Crippen LogP contribution in [-0.4, -0.2) is 27.1 Å². The van der Waals surface area contributed by atoms with Crippen molar-refractivity contribution in [1.82, 2.24) is 10.2 Å². The number of nitrogens with one attached hydrogen (secondary N) is 1. The molecule has 1 aromatic rings. The molecule has 2 N–H and O–H groups in total. The van der Waals surface area contributed by atoms with Crippen LogP contribution in [0.3, 0.4) is 0 Å². The molecule has 1 aliphatic carbocycles. The van der Waals surface area contributed by atoms with Gasteiger partial charge in [-0.25, -0.2) is 0 Å². The van der Waals surface area contributed by atoms with Gasteiger partial charge in [-0.1, -0.05) is 18.0 Å². The highest BCUT2D eigenvalue weighted by molar-refractivity contribution is 6.30. The number of aromatic nitrogens is 2. The Bertz CT molecular complexity index is 560. The molecule has 21 heavy (non-hydrogen) atoms. The Morgan fingerprint density at radius 3 is 2.81 bits per heavy atom. The summed E-state index contributed by atoms with van der Waals surface area (Å²) in [6, 6.07) is 0. The third-order valence-corrected chi connectivity index (χ3v) is 5.26. The van der Waals surface area contributed by atoms with E-state index in [1.54, 1.807) is 0 Å². The zero-order chi connectivity index (χ0) is 14.4. The first-order valence-electron chi connectivity index (χ1n) is 7.86. The largest absolute Gasteiger partial charge is 0.371 e. The second-order valence-corrected chi connectivity index (χ2v) is 6.84. The third-order valence-electron chi connectivity index (χ3n) is 4.96. The van der Waals surface area contributed by atoms with Gasteiger partial charge in [0.2, 0.25) is 0 Å².